The van der Waals surface area contributed by atoms with Gasteiger partial charge in [-0.3, -0.25) is 4.79 Å². The molecule has 2 aliphatic rings. The Morgan fingerprint density at radius 2 is 2.05 bits per heavy atom. The quantitative estimate of drug-likeness (QED) is 0.209. The summed E-state index contributed by atoms with van der Waals surface area (Å²) in [4.78, 5) is 11.7. The molecule has 1 aliphatic carbocycles. The maximum absolute atomic E-state index is 12.8. The van der Waals surface area contributed by atoms with Gasteiger partial charge in [0, 0.05) is 46.4 Å². The smallest absolute Gasteiger partial charge is 0.494 e. The van der Waals surface area contributed by atoms with Gasteiger partial charge in [-0.2, -0.15) is 5.26 Å². The van der Waals surface area contributed by atoms with Crippen molar-refractivity contribution in [2.24, 2.45) is 5.73 Å². The number of hydrogen-bond acceptors (Lipinski definition) is 9. The number of unbranched alkanes of at least 4 members (excludes halogenated alkanes) is 1. The van der Waals surface area contributed by atoms with Crippen LogP contribution in [-0.2, 0) is 27.4 Å². The molecule has 0 bridgehead atoms. The Morgan fingerprint density at radius 1 is 1.25 bits per heavy atom. The lowest BCUT2D eigenvalue weighted by Gasteiger charge is -2.34. The van der Waals surface area contributed by atoms with Crippen LogP contribution in [0.1, 0.15) is 50.2 Å². The molecule has 44 heavy (non-hydrogen) atoms. The zero-order valence-corrected chi connectivity index (χ0v) is 25.6. The average Bonchev–Trinajstić information content (AvgIpc) is 3.34. The fraction of sp³-hybridized carbons (Fsp3) is 0.548. The predicted molar refractivity (Wildman–Crippen MR) is 159 cm³/mol. The van der Waals surface area contributed by atoms with Crippen LogP contribution < -0.4 is 21.1 Å². The van der Waals surface area contributed by atoms with E-state index >= 15 is 0 Å². The van der Waals surface area contributed by atoms with Crippen LogP contribution in [0.3, 0.4) is 0 Å². The normalized spacial score (nSPS) is 17.9. The molecule has 3 rings (SSSR count). The van der Waals surface area contributed by atoms with E-state index in [2.05, 4.69) is 15.4 Å². The molecule has 1 aliphatic heterocycles. The summed E-state index contributed by atoms with van der Waals surface area (Å²) in [5.74, 6) is 0.103. The van der Waals surface area contributed by atoms with E-state index in [1.54, 1.807) is 13.2 Å². The minimum atomic E-state index is -4.80. The second kappa shape index (κ2) is 17.1. The number of benzene rings is 1. The first kappa shape index (κ1) is 34.9. The van der Waals surface area contributed by atoms with Crippen LogP contribution in [0.25, 0.3) is 0 Å². The van der Waals surface area contributed by atoms with Gasteiger partial charge in [0.05, 0.1) is 36.9 Å². The van der Waals surface area contributed by atoms with Crippen molar-refractivity contribution in [3.05, 3.63) is 64.6 Å². The zero-order valence-electron chi connectivity index (χ0n) is 25.6. The third-order valence-corrected chi connectivity index (χ3v) is 7.26. The topological polar surface area (TPSA) is 125 Å². The molecule has 0 saturated heterocycles. The number of nitrogens with one attached hydrogen (secondary N) is 2. The number of methoxy groups -OCH3 is 1. The first-order valence-corrected chi connectivity index (χ1v) is 14.8. The van der Waals surface area contributed by atoms with Gasteiger partial charge < -0.3 is 35.6 Å². The van der Waals surface area contributed by atoms with Crippen LogP contribution in [-0.4, -0.2) is 74.8 Å². The SMILES string of the molecule is CCCC(NCc1cc(OCCCCNCC2=CN(C3C=C(C#N)C=C(OC(F)(F)F)C3)N(C)C2)ccc1COC)C(N)=O. The van der Waals surface area contributed by atoms with E-state index in [0.717, 1.165) is 54.3 Å². The number of nitriles is 1. The molecule has 4 N–H and O–H groups in total. The van der Waals surface area contributed by atoms with Gasteiger partial charge in [0.2, 0.25) is 5.91 Å². The van der Waals surface area contributed by atoms with Crippen LogP contribution in [0.15, 0.2) is 53.5 Å². The first-order chi connectivity index (χ1) is 21.0. The monoisotopic (exact) mass is 620 g/mol. The Labute approximate surface area is 257 Å². The van der Waals surface area contributed by atoms with Crippen LogP contribution in [0.4, 0.5) is 13.2 Å². The van der Waals surface area contributed by atoms with Gasteiger partial charge in [-0.15, -0.1) is 13.2 Å². The predicted octanol–water partition coefficient (Wildman–Crippen LogP) is 4.01. The van der Waals surface area contributed by atoms with Crippen molar-refractivity contribution >= 4 is 5.91 Å². The summed E-state index contributed by atoms with van der Waals surface area (Å²) in [5.41, 5.74) is 8.75. The number of allylic oxidation sites excluding steroid dienone is 2. The number of alkyl halides is 3. The molecular weight excluding hydrogens is 577 g/mol. The number of likely N-dealkylation sites (N-methyl/N-ethyl adjacent to an activating group) is 1. The van der Waals surface area contributed by atoms with Gasteiger partial charge in [0.1, 0.15) is 11.5 Å². The van der Waals surface area contributed by atoms with Crippen LogP contribution >= 0.6 is 0 Å². The summed E-state index contributed by atoms with van der Waals surface area (Å²) < 4.78 is 53.7. The zero-order chi connectivity index (χ0) is 32.1. The fourth-order valence-electron chi connectivity index (χ4n) is 5.18. The van der Waals surface area contributed by atoms with Crippen molar-refractivity contribution < 1.29 is 32.2 Å². The van der Waals surface area contributed by atoms with Crippen molar-refractivity contribution in [3.8, 4) is 11.8 Å². The van der Waals surface area contributed by atoms with Crippen molar-refractivity contribution in [1.29, 1.82) is 5.26 Å². The maximum atomic E-state index is 12.8. The summed E-state index contributed by atoms with van der Waals surface area (Å²) in [5, 5.41) is 19.7. The molecule has 13 heteroatoms. The van der Waals surface area contributed by atoms with E-state index in [1.165, 1.54) is 0 Å². The molecule has 1 aromatic carbocycles. The number of primary amides is 1. The summed E-state index contributed by atoms with van der Waals surface area (Å²) in [6.45, 7) is 5.50. The van der Waals surface area contributed by atoms with Gasteiger partial charge in [0.25, 0.3) is 0 Å². The van der Waals surface area contributed by atoms with Gasteiger partial charge >= 0.3 is 6.36 Å². The lowest BCUT2D eigenvalue weighted by atomic mass is 10.0. The van der Waals surface area contributed by atoms with E-state index in [0.29, 0.717) is 39.3 Å². The molecule has 2 atom stereocenters. The van der Waals surface area contributed by atoms with Crippen molar-refractivity contribution in [2.75, 3.05) is 40.4 Å². The van der Waals surface area contributed by atoms with Crippen molar-refractivity contribution in [1.82, 2.24) is 20.7 Å². The minimum absolute atomic E-state index is 0.00605. The molecule has 1 heterocycles. The number of carbonyl (C=O) groups is 1. The number of hydrogen-bond donors (Lipinski definition) is 3. The standard InChI is InChI=1S/C31H43F3N6O4/c1-4-7-29(30(36)41)38-18-25-14-27(9-8-24(25)21-42-3)43-11-6-5-10-37-17-23-19-39(2)40(20-23)26-12-22(16-35)13-28(15-26)44-31(32,33)34/h8-9,12-14,20,26,29,37-38H,4-7,10-11,15,17-19,21H2,1-3H3,(H2,36,41). The molecule has 10 nitrogen and oxygen atoms in total. The number of rotatable bonds is 18. The third kappa shape index (κ3) is 11.2. The number of carbonyl (C=O) groups excluding carboxylic acids is 1. The lowest BCUT2D eigenvalue weighted by molar-refractivity contribution is -0.307. The Morgan fingerprint density at radius 3 is 2.73 bits per heavy atom. The Balaban J connectivity index is 1.42. The van der Waals surface area contributed by atoms with E-state index in [1.807, 2.05) is 54.5 Å². The highest BCUT2D eigenvalue weighted by atomic mass is 19.4. The third-order valence-electron chi connectivity index (χ3n) is 7.26. The minimum Gasteiger partial charge on any atom is -0.494 e. The second-order valence-electron chi connectivity index (χ2n) is 10.9. The van der Waals surface area contributed by atoms with E-state index in [4.69, 9.17) is 15.2 Å². The molecule has 0 fully saturated rings. The second-order valence-corrected chi connectivity index (χ2v) is 10.9. The Bertz CT molecular complexity index is 1240. The average molecular weight is 621 g/mol. The fourth-order valence-corrected chi connectivity index (χ4v) is 5.18. The first-order valence-electron chi connectivity index (χ1n) is 14.8. The van der Waals surface area contributed by atoms with Crippen LogP contribution in [0.5, 0.6) is 5.75 Å². The number of amides is 1. The van der Waals surface area contributed by atoms with Gasteiger partial charge in [-0.05, 0) is 66.8 Å². The molecule has 1 aromatic rings. The van der Waals surface area contributed by atoms with Crippen LogP contribution in [0, 0.1) is 11.3 Å². The number of halogens is 3. The highest BCUT2D eigenvalue weighted by molar-refractivity contribution is 5.79. The van der Waals surface area contributed by atoms with Crippen LogP contribution in [0.2, 0.25) is 0 Å². The summed E-state index contributed by atoms with van der Waals surface area (Å²) in [7, 11) is 3.49. The molecular formula is C31H43F3N6O4. The molecule has 0 aromatic heterocycles. The van der Waals surface area contributed by atoms with E-state index in [9.17, 15) is 23.2 Å². The largest absolute Gasteiger partial charge is 0.572 e. The van der Waals surface area contributed by atoms with E-state index < -0.39 is 12.4 Å². The Kier molecular flexibility index (Phi) is 13.5. The van der Waals surface area contributed by atoms with Crippen molar-refractivity contribution in [2.45, 2.75) is 70.6 Å². The molecule has 242 valence electrons. The highest BCUT2D eigenvalue weighted by Crippen LogP contribution is 2.31. The molecule has 0 saturated carbocycles. The highest BCUT2D eigenvalue weighted by Gasteiger charge is 2.35. The lowest BCUT2D eigenvalue weighted by Crippen LogP contribution is -2.40. The number of nitrogens with two attached hydrogens (primary N) is 1. The Hall–Kier alpha value is -3.57. The molecule has 2 unspecified atom stereocenters. The summed E-state index contributed by atoms with van der Waals surface area (Å²) in [6, 6.07) is 6.93. The van der Waals surface area contributed by atoms with Gasteiger partial charge in [-0.1, -0.05) is 19.4 Å². The van der Waals surface area contributed by atoms with E-state index in [-0.39, 0.29) is 29.7 Å². The summed E-state index contributed by atoms with van der Waals surface area (Å²) in [6.07, 6.45) is 3.15. The van der Waals surface area contributed by atoms with Crippen molar-refractivity contribution in [3.63, 3.8) is 0 Å². The number of hydrazine groups is 1. The molecule has 1 amide bonds. The summed E-state index contributed by atoms with van der Waals surface area (Å²) >= 11 is 0. The number of ether oxygens (including phenoxy) is 3. The number of nitrogens with zero attached hydrogens (tertiary/aromatic N) is 3. The maximum Gasteiger partial charge on any atom is 0.572 e. The molecule has 0 radical (unpaired) electrons. The molecule has 0 spiro atoms. The van der Waals surface area contributed by atoms with Gasteiger partial charge in [0.15, 0.2) is 0 Å². The van der Waals surface area contributed by atoms with Gasteiger partial charge in [-0.25, -0.2) is 5.01 Å².